The molecule has 3 N–H and O–H groups in total. The summed E-state index contributed by atoms with van der Waals surface area (Å²) in [7, 11) is 0. The SMILES string of the molecule is C=C(C)O[C@@]12CO[C@@H]1C[C@H](O)[C@@]1(C)C(=O)[C@H](OC(C)=O)C3=C(C)[C@@H](O)C[C@@](O)([C@@H](OC(=O)c4ccccc4)[C@H]21)C3(C)C. The minimum absolute atomic E-state index is 0.000634. The second-order valence-electron chi connectivity index (χ2n) is 13.0. The summed E-state index contributed by atoms with van der Waals surface area (Å²) >= 11 is 0. The van der Waals surface area contributed by atoms with Gasteiger partial charge in [-0.1, -0.05) is 38.6 Å². The molecule has 0 spiro atoms. The number of ketones is 1. The van der Waals surface area contributed by atoms with Crippen molar-refractivity contribution in [2.24, 2.45) is 16.7 Å². The number of aliphatic hydroxyl groups excluding tert-OH is 2. The molecule has 2 bridgehead atoms. The van der Waals surface area contributed by atoms with Crippen LogP contribution in [0.3, 0.4) is 0 Å². The molecule has 1 aromatic carbocycles. The first-order chi connectivity index (χ1) is 19.5. The van der Waals surface area contributed by atoms with E-state index in [1.165, 1.54) is 13.8 Å². The Morgan fingerprint density at radius 3 is 2.26 bits per heavy atom. The minimum atomic E-state index is -2.03. The van der Waals surface area contributed by atoms with Crippen LogP contribution >= 0.6 is 0 Å². The molecule has 0 radical (unpaired) electrons. The van der Waals surface area contributed by atoms with Gasteiger partial charge >= 0.3 is 11.9 Å². The fraction of sp³-hybridized carbons (Fsp3) is 0.594. The van der Waals surface area contributed by atoms with Crippen molar-refractivity contribution in [3.05, 3.63) is 59.4 Å². The molecule has 5 rings (SSSR count). The highest BCUT2D eigenvalue weighted by molar-refractivity contribution is 5.95. The van der Waals surface area contributed by atoms with Crippen molar-refractivity contribution in [1.29, 1.82) is 0 Å². The smallest absolute Gasteiger partial charge is 0.338 e. The van der Waals surface area contributed by atoms with Crippen molar-refractivity contribution < 1.29 is 48.7 Å². The fourth-order valence-electron chi connectivity index (χ4n) is 7.96. The minimum Gasteiger partial charge on any atom is -0.487 e. The van der Waals surface area contributed by atoms with Gasteiger partial charge in [-0.3, -0.25) is 9.59 Å². The molecule has 1 aromatic rings. The van der Waals surface area contributed by atoms with E-state index in [-0.39, 0.29) is 30.6 Å². The van der Waals surface area contributed by atoms with Crippen molar-refractivity contribution in [3.63, 3.8) is 0 Å². The van der Waals surface area contributed by atoms with Crippen LogP contribution in [0, 0.1) is 16.7 Å². The third kappa shape index (κ3) is 4.10. The van der Waals surface area contributed by atoms with Gasteiger partial charge in [-0.25, -0.2) is 4.79 Å². The first-order valence-electron chi connectivity index (χ1n) is 14.3. The summed E-state index contributed by atoms with van der Waals surface area (Å²) in [4.78, 5) is 41.0. The fourth-order valence-corrected chi connectivity index (χ4v) is 7.96. The number of benzene rings is 1. The summed E-state index contributed by atoms with van der Waals surface area (Å²) in [5.74, 6) is -3.07. The number of carbonyl (C=O) groups is 3. The van der Waals surface area contributed by atoms with Gasteiger partial charge in [-0.05, 0) is 44.1 Å². The van der Waals surface area contributed by atoms with Crippen molar-refractivity contribution >= 4 is 17.7 Å². The molecule has 0 amide bonds. The van der Waals surface area contributed by atoms with Gasteiger partial charge in [0.15, 0.2) is 17.5 Å². The van der Waals surface area contributed by atoms with Crippen molar-refractivity contribution in [3.8, 4) is 0 Å². The normalized spacial score (nSPS) is 40.4. The molecule has 0 unspecified atom stereocenters. The Kier molecular flexibility index (Phi) is 7.25. The molecule has 2 saturated carbocycles. The van der Waals surface area contributed by atoms with Gasteiger partial charge in [0.1, 0.15) is 17.8 Å². The number of rotatable bonds is 5. The van der Waals surface area contributed by atoms with Gasteiger partial charge in [-0.2, -0.15) is 0 Å². The lowest BCUT2D eigenvalue weighted by Gasteiger charge is -2.67. The first kappa shape index (κ1) is 30.4. The van der Waals surface area contributed by atoms with Crippen molar-refractivity contribution in [2.75, 3.05) is 6.61 Å². The van der Waals surface area contributed by atoms with E-state index in [1.54, 1.807) is 58.0 Å². The largest absolute Gasteiger partial charge is 0.487 e. The Morgan fingerprint density at radius 2 is 1.71 bits per heavy atom. The Bertz CT molecular complexity index is 1350. The summed E-state index contributed by atoms with van der Waals surface area (Å²) in [5.41, 5.74) is -5.73. The van der Waals surface area contributed by atoms with Crippen LogP contribution in [0.15, 0.2) is 53.8 Å². The molecule has 1 saturated heterocycles. The number of ether oxygens (including phenoxy) is 4. The molecule has 9 atom stereocenters. The highest BCUT2D eigenvalue weighted by atomic mass is 16.6. The Labute approximate surface area is 245 Å². The number of allylic oxidation sites excluding steroid dienone is 1. The van der Waals surface area contributed by atoms with Crippen LogP contribution in [0.2, 0.25) is 0 Å². The lowest BCUT2D eigenvalue weighted by Crippen LogP contribution is -2.81. The predicted octanol–water partition coefficient (Wildman–Crippen LogP) is 2.64. The van der Waals surface area contributed by atoms with Gasteiger partial charge in [0, 0.05) is 25.2 Å². The Hall–Kier alpha value is -3.05. The van der Waals surface area contributed by atoms with Crippen molar-refractivity contribution in [2.45, 2.75) is 96.1 Å². The van der Waals surface area contributed by atoms with E-state index in [2.05, 4.69) is 6.58 Å². The molecule has 0 aromatic heterocycles. The maximum absolute atomic E-state index is 14.9. The molecular formula is C32H40O10. The van der Waals surface area contributed by atoms with E-state index in [0.29, 0.717) is 11.3 Å². The topological polar surface area (TPSA) is 149 Å². The highest BCUT2D eigenvalue weighted by Crippen LogP contribution is 2.64. The Balaban J connectivity index is 1.84. The van der Waals surface area contributed by atoms with Crippen LogP contribution in [-0.4, -0.2) is 81.4 Å². The van der Waals surface area contributed by atoms with Crippen LogP contribution in [0.4, 0.5) is 0 Å². The molecule has 10 nitrogen and oxygen atoms in total. The van der Waals surface area contributed by atoms with E-state index in [9.17, 15) is 29.7 Å². The summed E-state index contributed by atoms with van der Waals surface area (Å²) < 4.78 is 24.2. The average molecular weight is 585 g/mol. The van der Waals surface area contributed by atoms with Crippen LogP contribution in [-0.2, 0) is 28.5 Å². The maximum Gasteiger partial charge on any atom is 0.338 e. The van der Waals surface area contributed by atoms with Gasteiger partial charge < -0.3 is 34.3 Å². The lowest BCUT2D eigenvalue weighted by atomic mass is 9.44. The van der Waals surface area contributed by atoms with Gasteiger partial charge in [0.05, 0.1) is 41.5 Å². The van der Waals surface area contributed by atoms with E-state index in [4.69, 9.17) is 18.9 Å². The third-order valence-electron chi connectivity index (χ3n) is 10.2. The summed E-state index contributed by atoms with van der Waals surface area (Å²) in [6.45, 7) is 13.2. The number of carbonyl (C=O) groups excluding carboxylic acids is 3. The number of fused-ring (bicyclic) bond motifs is 5. The molecule has 42 heavy (non-hydrogen) atoms. The number of hydrogen-bond acceptors (Lipinski definition) is 10. The third-order valence-corrected chi connectivity index (χ3v) is 10.2. The molecular weight excluding hydrogens is 544 g/mol. The van der Waals surface area contributed by atoms with Crippen LogP contribution < -0.4 is 0 Å². The quantitative estimate of drug-likeness (QED) is 0.268. The van der Waals surface area contributed by atoms with E-state index in [1.807, 2.05) is 0 Å². The number of esters is 2. The number of Topliss-reactive ketones (excluding diaryl/α,β-unsaturated/α-hetero) is 1. The summed E-state index contributed by atoms with van der Waals surface area (Å²) in [5, 5.41) is 36.0. The van der Waals surface area contributed by atoms with E-state index < -0.39 is 76.2 Å². The summed E-state index contributed by atoms with van der Waals surface area (Å²) in [6, 6.07) is 8.22. The van der Waals surface area contributed by atoms with Crippen LogP contribution in [0.25, 0.3) is 0 Å². The van der Waals surface area contributed by atoms with Gasteiger partial charge in [-0.15, -0.1) is 0 Å². The van der Waals surface area contributed by atoms with Gasteiger partial charge in [0.25, 0.3) is 0 Å². The Morgan fingerprint density at radius 1 is 1.07 bits per heavy atom. The predicted molar refractivity (Wildman–Crippen MR) is 149 cm³/mol. The average Bonchev–Trinajstić information content (AvgIpc) is 2.90. The number of aliphatic hydroxyl groups is 3. The molecule has 1 heterocycles. The standard InChI is InChI=1S/C32H40O10/c1-16(2)42-31-15-39-22(31)13-21(35)30(7)25(31)27(41-28(37)19-11-9-8-10-12-19)32(38)14-20(34)17(3)23(29(32,5)6)24(26(30)36)40-18(4)33/h8-12,20-22,24-25,27,34-35,38H,1,13-15H2,2-7H3/t20-,21-,22+,24+,25-,27-,30+,31-,32+/m0/s1. The molecule has 3 aliphatic carbocycles. The van der Waals surface area contributed by atoms with E-state index >= 15 is 0 Å². The monoisotopic (exact) mass is 584 g/mol. The molecule has 10 heteroatoms. The highest BCUT2D eigenvalue weighted by Gasteiger charge is 2.78. The van der Waals surface area contributed by atoms with Crippen molar-refractivity contribution in [1.82, 2.24) is 0 Å². The van der Waals surface area contributed by atoms with Gasteiger partial charge in [0.2, 0.25) is 0 Å². The second kappa shape index (κ2) is 10.0. The zero-order valence-electron chi connectivity index (χ0n) is 24.9. The van der Waals surface area contributed by atoms with Crippen LogP contribution in [0.1, 0.15) is 64.7 Å². The molecule has 1 aliphatic heterocycles. The summed E-state index contributed by atoms with van der Waals surface area (Å²) in [6.07, 6.45) is -6.63. The number of hydrogen-bond donors (Lipinski definition) is 3. The first-order valence-corrected chi connectivity index (χ1v) is 14.3. The second-order valence-corrected chi connectivity index (χ2v) is 13.0. The van der Waals surface area contributed by atoms with Crippen LogP contribution in [0.5, 0.6) is 0 Å². The molecule has 4 aliphatic rings. The maximum atomic E-state index is 14.9. The van der Waals surface area contributed by atoms with E-state index in [0.717, 1.165) is 0 Å². The zero-order chi connectivity index (χ0) is 31.0. The molecule has 3 fully saturated rings. The lowest BCUT2D eigenvalue weighted by molar-refractivity contribution is -0.347. The zero-order valence-corrected chi connectivity index (χ0v) is 24.9. The molecule has 228 valence electrons.